The lowest BCUT2D eigenvalue weighted by atomic mass is 9.98. The van der Waals surface area contributed by atoms with Crippen LogP contribution in [-0.4, -0.2) is 110 Å². The van der Waals surface area contributed by atoms with Crippen LogP contribution in [0.5, 0.6) is 0 Å². The highest BCUT2D eigenvalue weighted by atomic mass is 16.7. The van der Waals surface area contributed by atoms with Crippen molar-refractivity contribution in [2.75, 3.05) is 13.2 Å². The van der Waals surface area contributed by atoms with Crippen molar-refractivity contribution in [1.29, 1.82) is 0 Å². The summed E-state index contributed by atoms with van der Waals surface area (Å²) in [6, 6.07) is -1.20. The third-order valence-corrected chi connectivity index (χ3v) is 17.8. The summed E-state index contributed by atoms with van der Waals surface area (Å²) in [6.45, 7) is 3.48. The Morgan fingerprint density at radius 1 is 0.395 bits per heavy atom. The number of hydrogen-bond acceptors (Lipinski definition) is 10. The van der Waals surface area contributed by atoms with Gasteiger partial charge in [-0.05, 0) is 89.9 Å². The van der Waals surface area contributed by atoms with E-state index in [4.69, 9.17) is 9.47 Å². The minimum atomic E-state index is -1.67. The van der Waals surface area contributed by atoms with Crippen molar-refractivity contribution >= 4 is 5.91 Å². The molecule has 11 nitrogen and oxygen atoms in total. The van der Waals surface area contributed by atoms with Crippen LogP contribution in [0.3, 0.4) is 0 Å². The van der Waals surface area contributed by atoms with E-state index in [0.717, 1.165) is 44.9 Å². The predicted octanol–water partition coefficient (Wildman–Crippen LogP) is 18.3. The highest BCUT2D eigenvalue weighted by molar-refractivity contribution is 5.80. The zero-order valence-corrected chi connectivity index (χ0v) is 56.1. The second kappa shape index (κ2) is 63.2. The lowest BCUT2D eigenvalue weighted by molar-refractivity contribution is -0.303. The van der Waals surface area contributed by atoms with Crippen LogP contribution in [0, 0.1) is 0 Å². The first-order valence-electron chi connectivity index (χ1n) is 37.0. The van der Waals surface area contributed by atoms with E-state index in [-0.39, 0.29) is 12.8 Å². The van der Waals surface area contributed by atoms with E-state index >= 15 is 0 Å². The quantitative estimate of drug-likeness (QED) is 0.0215. The number of amides is 1. The Labute approximate surface area is 529 Å². The molecular weight excluding hydrogens is 1070 g/mol. The van der Waals surface area contributed by atoms with Crippen molar-refractivity contribution in [2.45, 2.75) is 409 Å². The Balaban J connectivity index is 2.17. The topological polar surface area (TPSA) is 189 Å². The van der Waals surface area contributed by atoms with Crippen LogP contribution < -0.4 is 5.32 Å². The van der Waals surface area contributed by atoms with Crippen molar-refractivity contribution in [3.8, 4) is 0 Å². The number of carbonyl (C=O) groups is 1. The number of ether oxygens (including phenoxy) is 2. The van der Waals surface area contributed by atoms with Gasteiger partial charge >= 0.3 is 0 Å². The summed E-state index contributed by atoms with van der Waals surface area (Å²) in [4.78, 5) is 13.3. The van der Waals surface area contributed by atoms with E-state index in [9.17, 15) is 40.5 Å². The van der Waals surface area contributed by atoms with Crippen molar-refractivity contribution in [2.24, 2.45) is 0 Å². The molecule has 8 N–H and O–H groups in total. The lowest BCUT2D eigenvalue weighted by Crippen LogP contribution is -2.60. The molecule has 0 aromatic heterocycles. The molecular formula is C75H141NO10. The summed E-state index contributed by atoms with van der Waals surface area (Å²) >= 11 is 0. The minimum Gasteiger partial charge on any atom is -0.394 e. The molecule has 1 aliphatic heterocycles. The zero-order valence-electron chi connectivity index (χ0n) is 56.1. The Morgan fingerprint density at radius 2 is 0.698 bits per heavy atom. The molecule has 0 bridgehead atoms. The second-order valence-corrected chi connectivity index (χ2v) is 26.0. The molecule has 1 rings (SSSR count). The van der Waals surface area contributed by atoms with E-state index in [1.54, 1.807) is 0 Å². The molecule has 86 heavy (non-hydrogen) atoms. The number of unbranched alkanes of at least 4 members (excludes halogenated alkanes) is 45. The molecule has 1 heterocycles. The molecule has 1 amide bonds. The Bertz CT molecular complexity index is 1540. The smallest absolute Gasteiger partial charge is 0.249 e. The number of rotatable bonds is 65. The molecule has 9 atom stereocenters. The number of nitrogens with one attached hydrogen (secondary N) is 1. The Morgan fingerprint density at radius 3 is 1.03 bits per heavy atom. The van der Waals surface area contributed by atoms with Gasteiger partial charge in [-0.3, -0.25) is 4.79 Å². The van der Waals surface area contributed by atoms with Gasteiger partial charge in [-0.15, -0.1) is 0 Å². The highest BCUT2D eigenvalue weighted by Gasteiger charge is 2.44. The van der Waals surface area contributed by atoms with E-state index in [1.807, 2.05) is 0 Å². The summed E-state index contributed by atoms with van der Waals surface area (Å²) in [5.74, 6) is -0.708. The van der Waals surface area contributed by atoms with Crippen molar-refractivity contribution in [3.05, 3.63) is 48.6 Å². The number of aliphatic hydroxyl groups is 7. The number of carbonyl (C=O) groups excluding carboxylic acids is 1. The average molecular weight is 1220 g/mol. The van der Waals surface area contributed by atoms with Gasteiger partial charge in [0.25, 0.3) is 0 Å². The summed E-state index contributed by atoms with van der Waals surface area (Å²) < 4.78 is 11.2. The fraction of sp³-hybridized carbons (Fsp3) is 0.880. The van der Waals surface area contributed by atoms with E-state index in [0.29, 0.717) is 19.3 Å². The van der Waals surface area contributed by atoms with Gasteiger partial charge in [0.1, 0.15) is 36.6 Å². The normalized spacial score (nSPS) is 19.0. The first-order valence-corrected chi connectivity index (χ1v) is 37.0. The number of hydrogen-bond donors (Lipinski definition) is 8. The van der Waals surface area contributed by atoms with Crippen LogP contribution in [0.15, 0.2) is 48.6 Å². The van der Waals surface area contributed by atoms with Gasteiger partial charge in [0, 0.05) is 0 Å². The van der Waals surface area contributed by atoms with Gasteiger partial charge in [-0.1, -0.05) is 313 Å². The Hall–Kier alpha value is -1.93. The van der Waals surface area contributed by atoms with Gasteiger partial charge in [-0.2, -0.15) is 0 Å². The lowest BCUT2D eigenvalue weighted by Gasteiger charge is -2.40. The third kappa shape index (κ3) is 49.8. The predicted molar refractivity (Wildman–Crippen MR) is 362 cm³/mol. The molecule has 1 aliphatic rings. The minimum absolute atomic E-state index is 0.241. The second-order valence-electron chi connectivity index (χ2n) is 26.0. The standard InChI is InChI=1S/C75H141NO10/c1-3-5-7-9-11-13-15-17-19-21-23-25-27-28-29-30-31-32-33-34-35-36-37-38-39-41-43-45-47-49-51-53-55-57-59-61-63-68(79)74(84)76-66(65-85-75-73(83)72(82)71(81)69(64-77)86-75)70(80)67(78)62-60-58-56-54-52-50-48-46-44-42-40-26-24-22-20-18-16-14-12-10-8-6-4-2/h26,32-33,40,46,48,54,56,66-73,75,77-83H,3-25,27-31,34-39,41-45,47,49-53,55,57-65H2,1-2H3,(H,76,84)/b33-32-,40-26+,48-46+,56-54+. The van der Waals surface area contributed by atoms with Crippen LogP contribution >= 0.6 is 0 Å². The van der Waals surface area contributed by atoms with Gasteiger partial charge in [0.2, 0.25) is 5.91 Å². The van der Waals surface area contributed by atoms with E-state index in [1.165, 1.54) is 263 Å². The Kier molecular flexibility index (Phi) is 60.3. The highest BCUT2D eigenvalue weighted by Crippen LogP contribution is 2.24. The molecule has 0 aliphatic carbocycles. The van der Waals surface area contributed by atoms with Crippen molar-refractivity contribution in [1.82, 2.24) is 5.32 Å². The molecule has 506 valence electrons. The molecule has 11 heteroatoms. The molecule has 0 saturated carbocycles. The van der Waals surface area contributed by atoms with E-state index in [2.05, 4.69) is 67.8 Å². The summed E-state index contributed by atoms with van der Waals surface area (Å²) in [5.41, 5.74) is 0. The molecule has 1 fully saturated rings. The summed E-state index contributed by atoms with van der Waals surface area (Å²) in [6.07, 6.45) is 72.2. The molecule has 0 aromatic rings. The van der Waals surface area contributed by atoms with Crippen molar-refractivity contribution in [3.63, 3.8) is 0 Å². The van der Waals surface area contributed by atoms with Gasteiger partial charge < -0.3 is 50.5 Å². The zero-order chi connectivity index (χ0) is 62.4. The molecule has 1 saturated heterocycles. The third-order valence-electron chi connectivity index (χ3n) is 17.8. The van der Waals surface area contributed by atoms with Crippen molar-refractivity contribution < 1.29 is 50.0 Å². The number of allylic oxidation sites excluding steroid dienone is 8. The summed E-state index contributed by atoms with van der Waals surface area (Å²) in [5, 5.41) is 76.5. The number of aliphatic hydroxyl groups excluding tert-OH is 7. The van der Waals surface area contributed by atoms with Gasteiger partial charge in [-0.25, -0.2) is 0 Å². The van der Waals surface area contributed by atoms with Crippen LogP contribution in [0.4, 0.5) is 0 Å². The maximum atomic E-state index is 13.3. The van der Waals surface area contributed by atoms with Gasteiger partial charge in [0.15, 0.2) is 6.29 Å². The summed E-state index contributed by atoms with van der Waals surface area (Å²) in [7, 11) is 0. The molecule has 0 radical (unpaired) electrons. The molecule has 9 unspecified atom stereocenters. The van der Waals surface area contributed by atoms with Crippen LogP contribution in [0.2, 0.25) is 0 Å². The monoisotopic (exact) mass is 1220 g/mol. The molecule has 0 aromatic carbocycles. The fourth-order valence-electron chi connectivity index (χ4n) is 11.9. The van der Waals surface area contributed by atoms with Crippen LogP contribution in [-0.2, 0) is 14.3 Å². The van der Waals surface area contributed by atoms with Crippen LogP contribution in [0.25, 0.3) is 0 Å². The largest absolute Gasteiger partial charge is 0.394 e. The molecule has 0 spiro atoms. The average Bonchev–Trinajstić information content (AvgIpc) is 3.20. The first kappa shape index (κ1) is 82.1. The van der Waals surface area contributed by atoms with Gasteiger partial charge in [0.05, 0.1) is 25.4 Å². The first-order chi connectivity index (χ1) is 42.2. The maximum Gasteiger partial charge on any atom is 0.249 e. The maximum absolute atomic E-state index is 13.3. The van der Waals surface area contributed by atoms with E-state index < -0.39 is 74.2 Å². The van der Waals surface area contributed by atoms with Crippen LogP contribution in [0.1, 0.15) is 354 Å². The fourth-order valence-corrected chi connectivity index (χ4v) is 11.9. The SMILES string of the molecule is CCCCCCCCCCCC/C=C/CC/C=C/CC/C=C/CCCC(O)C(O)C(COC1OC(CO)C(O)C(O)C1O)NC(=O)C(O)CCCCCCCCCCCCCCCCCC/C=C\CCCCCCCCCCCCCCCCCC.